The third-order valence-electron chi connectivity index (χ3n) is 3.88. The zero-order valence-corrected chi connectivity index (χ0v) is 15.0. The molecule has 0 aliphatic heterocycles. The van der Waals surface area contributed by atoms with E-state index in [1.54, 1.807) is 6.07 Å². The molecule has 1 unspecified atom stereocenters. The molecule has 0 saturated heterocycles. The van der Waals surface area contributed by atoms with E-state index < -0.39 is 11.7 Å². The Balaban J connectivity index is 0.00000288. The second-order valence-corrected chi connectivity index (χ2v) is 6.12. The third kappa shape index (κ3) is 5.05. The highest BCUT2D eigenvalue weighted by molar-refractivity contribution is 5.94. The van der Waals surface area contributed by atoms with E-state index in [1.165, 1.54) is 17.7 Å². The largest absolute Gasteiger partial charge is 0.350 e. The lowest BCUT2D eigenvalue weighted by atomic mass is 9.99. The van der Waals surface area contributed by atoms with E-state index in [-0.39, 0.29) is 30.6 Å². The highest BCUT2D eigenvalue weighted by Gasteiger charge is 2.14. The number of carbonyl (C=O) groups excluding carboxylic acids is 1. The third-order valence-corrected chi connectivity index (χ3v) is 3.88. The van der Waals surface area contributed by atoms with Gasteiger partial charge in [-0.15, -0.1) is 12.4 Å². The van der Waals surface area contributed by atoms with Crippen molar-refractivity contribution in [3.8, 4) is 0 Å². The van der Waals surface area contributed by atoms with E-state index in [2.05, 4.69) is 19.2 Å². The predicted octanol–water partition coefficient (Wildman–Crippen LogP) is 4.11. The van der Waals surface area contributed by atoms with Gasteiger partial charge in [0.2, 0.25) is 0 Å². The Bertz CT molecular complexity index is 686. The van der Waals surface area contributed by atoms with Gasteiger partial charge in [0.15, 0.2) is 0 Å². The smallest absolute Gasteiger partial charge is 0.254 e. The molecule has 3 N–H and O–H groups in total. The zero-order valence-electron chi connectivity index (χ0n) is 14.2. The van der Waals surface area contributed by atoms with Crippen molar-refractivity contribution in [3.63, 3.8) is 0 Å². The standard InChI is InChI=1S/C19H23FN2O.ClH/c1-12(2)14-5-7-15(8-6-14)18(21)11-22-19(23)16-10-13(3)4-9-17(16)20;/h4-10,12,18H,11,21H2,1-3H3,(H,22,23);1H. The maximum Gasteiger partial charge on any atom is 0.254 e. The van der Waals surface area contributed by atoms with Gasteiger partial charge in [-0.2, -0.15) is 0 Å². The summed E-state index contributed by atoms with van der Waals surface area (Å²) in [7, 11) is 0. The van der Waals surface area contributed by atoms with Crippen molar-refractivity contribution in [2.75, 3.05) is 6.54 Å². The number of nitrogens with one attached hydrogen (secondary N) is 1. The molecule has 24 heavy (non-hydrogen) atoms. The summed E-state index contributed by atoms with van der Waals surface area (Å²) in [6.07, 6.45) is 0. The van der Waals surface area contributed by atoms with Gasteiger partial charge in [-0.1, -0.05) is 49.7 Å². The number of aryl methyl sites for hydroxylation is 1. The van der Waals surface area contributed by atoms with Crippen LogP contribution in [0.5, 0.6) is 0 Å². The summed E-state index contributed by atoms with van der Waals surface area (Å²) in [6.45, 7) is 6.34. The summed E-state index contributed by atoms with van der Waals surface area (Å²) in [4.78, 5) is 12.1. The SMILES string of the molecule is Cc1ccc(F)c(C(=O)NCC(N)c2ccc(C(C)C)cc2)c1.Cl. The molecule has 0 aliphatic carbocycles. The molecule has 0 bridgehead atoms. The topological polar surface area (TPSA) is 55.1 Å². The van der Waals surface area contributed by atoms with Crippen LogP contribution in [0.2, 0.25) is 0 Å². The number of hydrogen-bond donors (Lipinski definition) is 2. The van der Waals surface area contributed by atoms with E-state index in [9.17, 15) is 9.18 Å². The van der Waals surface area contributed by atoms with Crippen molar-refractivity contribution in [1.82, 2.24) is 5.32 Å². The second kappa shape index (κ2) is 8.81. The summed E-state index contributed by atoms with van der Waals surface area (Å²) in [5.74, 6) is -0.507. The van der Waals surface area contributed by atoms with Gasteiger partial charge < -0.3 is 11.1 Å². The van der Waals surface area contributed by atoms with Crippen LogP contribution in [0.4, 0.5) is 4.39 Å². The summed E-state index contributed by atoms with van der Waals surface area (Å²) in [5.41, 5.74) is 9.18. The fourth-order valence-corrected chi connectivity index (χ4v) is 2.36. The molecule has 0 radical (unpaired) electrons. The minimum Gasteiger partial charge on any atom is -0.350 e. The average Bonchev–Trinajstić information content (AvgIpc) is 2.54. The number of nitrogens with two attached hydrogens (primary N) is 1. The molecule has 0 heterocycles. The van der Waals surface area contributed by atoms with Gasteiger partial charge in [0.05, 0.1) is 5.56 Å². The monoisotopic (exact) mass is 350 g/mol. The maximum absolute atomic E-state index is 13.7. The van der Waals surface area contributed by atoms with E-state index in [0.29, 0.717) is 5.92 Å². The molecule has 2 rings (SSSR count). The number of carbonyl (C=O) groups is 1. The van der Waals surface area contributed by atoms with Crippen LogP contribution in [0.25, 0.3) is 0 Å². The summed E-state index contributed by atoms with van der Waals surface area (Å²) in [6, 6.07) is 12.2. The summed E-state index contributed by atoms with van der Waals surface area (Å²) >= 11 is 0. The molecule has 5 heteroatoms. The second-order valence-electron chi connectivity index (χ2n) is 6.12. The van der Waals surface area contributed by atoms with Crippen LogP contribution in [-0.4, -0.2) is 12.5 Å². The molecule has 130 valence electrons. The fraction of sp³-hybridized carbons (Fsp3) is 0.316. The van der Waals surface area contributed by atoms with Gasteiger partial charge in [-0.3, -0.25) is 4.79 Å². The Morgan fingerprint density at radius 2 is 1.71 bits per heavy atom. The van der Waals surface area contributed by atoms with Crippen LogP contribution in [0.1, 0.15) is 52.9 Å². The molecule has 2 aromatic carbocycles. The van der Waals surface area contributed by atoms with E-state index in [4.69, 9.17) is 5.73 Å². The first-order chi connectivity index (χ1) is 10.9. The van der Waals surface area contributed by atoms with E-state index >= 15 is 0 Å². The predicted molar refractivity (Wildman–Crippen MR) is 98.2 cm³/mol. The molecule has 0 aromatic heterocycles. The minimum absolute atomic E-state index is 0. The first-order valence-corrected chi connectivity index (χ1v) is 7.78. The fourth-order valence-electron chi connectivity index (χ4n) is 2.36. The van der Waals surface area contributed by atoms with Crippen LogP contribution in [0.3, 0.4) is 0 Å². The van der Waals surface area contributed by atoms with Crippen molar-refractivity contribution in [3.05, 3.63) is 70.5 Å². The molecular formula is C19H24ClFN2O. The number of benzene rings is 2. The Kier molecular flexibility index (Phi) is 7.39. The molecular weight excluding hydrogens is 327 g/mol. The lowest BCUT2D eigenvalue weighted by Crippen LogP contribution is -2.32. The van der Waals surface area contributed by atoms with Crippen molar-refractivity contribution in [1.29, 1.82) is 0 Å². The van der Waals surface area contributed by atoms with Crippen LogP contribution < -0.4 is 11.1 Å². The first-order valence-electron chi connectivity index (χ1n) is 7.78. The van der Waals surface area contributed by atoms with Crippen LogP contribution >= 0.6 is 12.4 Å². The Morgan fingerprint density at radius 3 is 2.29 bits per heavy atom. The quantitative estimate of drug-likeness (QED) is 0.852. The van der Waals surface area contributed by atoms with E-state index in [0.717, 1.165) is 11.1 Å². The molecule has 2 aromatic rings. The van der Waals surface area contributed by atoms with E-state index in [1.807, 2.05) is 31.2 Å². The number of halogens is 2. The van der Waals surface area contributed by atoms with Crippen molar-refractivity contribution in [2.24, 2.45) is 5.73 Å². The lowest BCUT2D eigenvalue weighted by Gasteiger charge is -2.15. The van der Waals surface area contributed by atoms with Crippen LogP contribution in [0.15, 0.2) is 42.5 Å². The van der Waals surface area contributed by atoms with Gasteiger partial charge in [0, 0.05) is 12.6 Å². The molecule has 3 nitrogen and oxygen atoms in total. The van der Waals surface area contributed by atoms with Crippen LogP contribution in [0, 0.1) is 12.7 Å². The normalized spacial score (nSPS) is 11.8. The van der Waals surface area contributed by atoms with Gasteiger partial charge >= 0.3 is 0 Å². The molecule has 0 aliphatic rings. The molecule has 0 saturated carbocycles. The maximum atomic E-state index is 13.7. The number of hydrogen-bond acceptors (Lipinski definition) is 2. The molecule has 0 fully saturated rings. The Labute approximate surface area is 148 Å². The van der Waals surface area contributed by atoms with Crippen molar-refractivity contribution < 1.29 is 9.18 Å². The Hall–Kier alpha value is -1.91. The van der Waals surface area contributed by atoms with Gasteiger partial charge in [0.1, 0.15) is 5.82 Å². The number of amides is 1. The molecule has 1 atom stereocenters. The lowest BCUT2D eigenvalue weighted by molar-refractivity contribution is 0.0947. The summed E-state index contributed by atoms with van der Waals surface area (Å²) < 4.78 is 13.7. The Morgan fingerprint density at radius 1 is 1.12 bits per heavy atom. The summed E-state index contributed by atoms with van der Waals surface area (Å²) in [5, 5.41) is 2.70. The van der Waals surface area contributed by atoms with Crippen molar-refractivity contribution >= 4 is 18.3 Å². The van der Waals surface area contributed by atoms with Gasteiger partial charge in [0.25, 0.3) is 5.91 Å². The first kappa shape index (κ1) is 20.1. The molecule has 0 spiro atoms. The number of rotatable bonds is 5. The molecule has 1 amide bonds. The van der Waals surface area contributed by atoms with Gasteiger partial charge in [-0.05, 0) is 36.1 Å². The van der Waals surface area contributed by atoms with Gasteiger partial charge in [-0.25, -0.2) is 4.39 Å². The zero-order chi connectivity index (χ0) is 17.0. The highest BCUT2D eigenvalue weighted by Crippen LogP contribution is 2.17. The van der Waals surface area contributed by atoms with Crippen LogP contribution in [-0.2, 0) is 0 Å². The van der Waals surface area contributed by atoms with Crippen molar-refractivity contribution in [2.45, 2.75) is 32.7 Å². The highest BCUT2D eigenvalue weighted by atomic mass is 35.5. The minimum atomic E-state index is -0.525. The average molecular weight is 351 g/mol.